The summed E-state index contributed by atoms with van der Waals surface area (Å²) in [6.07, 6.45) is 6.49. The number of aliphatic carboxylic acids is 1. The molecule has 2 aromatic rings. The number of carboxylic acid groups (broad SMARTS) is 1. The van der Waals surface area contributed by atoms with Crippen LogP contribution in [0, 0.1) is 0 Å². The third-order valence-corrected chi connectivity index (χ3v) is 4.37. The van der Waals surface area contributed by atoms with Crippen LogP contribution in [0.5, 0.6) is 0 Å². The number of rotatable bonds is 5. The van der Waals surface area contributed by atoms with Gasteiger partial charge in [0.05, 0.1) is 24.9 Å². The average molecular weight is 420 g/mol. The zero-order valence-electron chi connectivity index (χ0n) is 17.6. The van der Waals surface area contributed by atoms with Crippen molar-refractivity contribution in [2.24, 2.45) is 7.05 Å². The number of carbonyl (C=O) groups excluding carboxylic acids is 1. The number of carbonyl (C=O) groups is 2. The van der Waals surface area contributed by atoms with Gasteiger partial charge in [-0.2, -0.15) is 5.10 Å². The molecule has 1 saturated heterocycles. The van der Waals surface area contributed by atoms with Crippen molar-refractivity contribution in [3.8, 4) is 0 Å². The summed E-state index contributed by atoms with van der Waals surface area (Å²) < 4.78 is 9.00. The molecule has 3 heterocycles. The summed E-state index contributed by atoms with van der Waals surface area (Å²) in [5.41, 5.74) is 0.489. The molecule has 30 heavy (non-hydrogen) atoms. The van der Waals surface area contributed by atoms with Crippen molar-refractivity contribution in [3.63, 3.8) is 0 Å². The van der Waals surface area contributed by atoms with Gasteiger partial charge in [-0.25, -0.2) is 9.78 Å². The number of likely N-dealkylation sites (N-methyl/N-ethyl adjacent to an activating group) is 1. The van der Waals surface area contributed by atoms with Gasteiger partial charge in [0.1, 0.15) is 6.54 Å². The maximum absolute atomic E-state index is 13.0. The molecule has 0 aliphatic carbocycles. The maximum atomic E-state index is 13.0. The van der Waals surface area contributed by atoms with Gasteiger partial charge < -0.3 is 19.6 Å². The van der Waals surface area contributed by atoms with Crippen LogP contribution < -0.4 is 5.69 Å². The number of hydrogen-bond donors (Lipinski definition) is 1. The largest absolute Gasteiger partial charge is 0.481 e. The number of amides is 1. The summed E-state index contributed by atoms with van der Waals surface area (Å²) in [6.45, 7) is 2.65. The number of aryl methyl sites for hydroxylation is 1. The molecule has 2 atom stereocenters. The monoisotopic (exact) mass is 420 g/mol. The van der Waals surface area contributed by atoms with Crippen LogP contribution >= 0.6 is 0 Å². The van der Waals surface area contributed by atoms with Gasteiger partial charge in [-0.1, -0.05) is 0 Å². The lowest BCUT2D eigenvalue weighted by Gasteiger charge is -2.41. The number of nitrogens with zero attached hydrogens (tertiary/aromatic N) is 6. The number of hydrogen-bond acceptors (Lipinski definition) is 7. The van der Waals surface area contributed by atoms with Crippen molar-refractivity contribution >= 4 is 11.9 Å². The van der Waals surface area contributed by atoms with Gasteiger partial charge in [0, 0.05) is 51.2 Å². The Hall–Kier alpha value is -3.05. The fourth-order valence-corrected chi connectivity index (χ4v) is 3.26. The van der Waals surface area contributed by atoms with Crippen molar-refractivity contribution in [2.45, 2.75) is 25.6 Å². The Morgan fingerprint density at radius 3 is 2.63 bits per heavy atom. The Balaban J connectivity index is 0.000000735. The molecule has 11 nitrogen and oxygen atoms in total. The summed E-state index contributed by atoms with van der Waals surface area (Å²) in [4.78, 5) is 41.3. The molecule has 0 bridgehead atoms. The Morgan fingerprint density at radius 2 is 2.07 bits per heavy atom. The van der Waals surface area contributed by atoms with Crippen molar-refractivity contribution in [3.05, 3.63) is 46.9 Å². The van der Waals surface area contributed by atoms with Crippen molar-refractivity contribution in [1.29, 1.82) is 0 Å². The van der Waals surface area contributed by atoms with Gasteiger partial charge in [0.2, 0.25) is 5.91 Å². The minimum absolute atomic E-state index is 0.0435. The Kier molecular flexibility index (Phi) is 8.25. The molecule has 0 spiro atoms. The van der Waals surface area contributed by atoms with Gasteiger partial charge in [-0.15, -0.1) is 0 Å². The van der Waals surface area contributed by atoms with Gasteiger partial charge in [0.15, 0.2) is 0 Å². The molecule has 0 aromatic carbocycles. The zero-order valence-corrected chi connectivity index (χ0v) is 17.6. The van der Waals surface area contributed by atoms with Crippen LogP contribution in [0.25, 0.3) is 0 Å². The van der Waals surface area contributed by atoms with Crippen LogP contribution in [-0.2, 0) is 27.9 Å². The number of morpholine rings is 1. The first-order valence-electron chi connectivity index (χ1n) is 9.44. The summed E-state index contributed by atoms with van der Waals surface area (Å²) in [7, 11) is 5.79. The summed E-state index contributed by atoms with van der Waals surface area (Å²) in [5, 5.41) is 11.7. The van der Waals surface area contributed by atoms with E-state index in [2.05, 4.69) is 10.1 Å². The van der Waals surface area contributed by atoms with E-state index in [0.29, 0.717) is 19.7 Å². The molecule has 1 N–H and O–H groups in total. The molecule has 0 saturated carbocycles. The smallest absolute Gasteiger partial charge is 0.347 e. The highest BCUT2D eigenvalue weighted by atomic mass is 16.5. The van der Waals surface area contributed by atoms with E-state index in [9.17, 15) is 9.59 Å². The minimum atomic E-state index is -0.833. The Morgan fingerprint density at radius 1 is 1.37 bits per heavy atom. The molecule has 3 rings (SSSR count). The number of ether oxygens (including phenoxy) is 1. The highest BCUT2D eigenvalue weighted by Gasteiger charge is 2.37. The van der Waals surface area contributed by atoms with E-state index in [4.69, 9.17) is 14.6 Å². The van der Waals surface area contributed by atoms with Gasteiger partial charge >= 0.3 is 5.69 Å². The first-order chi connectivity index (χ1) is 14.2. The third-order valence-electron chi connectivity index (χ3n) is 4.37. The van der Waals surface area contributed by atoms with Crippen LogP contribution in [0.1, 0.15) is 18.5 Å². The van der Waals surface area contributed by atoms with Crippen molar-refractivity contribution in [2.75, 3.05) is 33.8 Å². The highest BCUT2D eigenvalue weighted by molar-refractivity contribution is 5.76. The molecular weight excluding hydrogens is 392 g/mol. The number of carboxylic acids is 1. The zero-order chi connectivity index (χ0) is 22.3. The first kappa shape index (κ1) is 23.2. The normalized spacial score (nSPS) is 18.6. The fraction of sp³-hybridized carbons (Fsp3) is 0.526. The molecule has 1 fully saturated rings. The SMILES string of the molecule is CC(=O)O.CN(C)C[C@@H]1OCCN(C(=O)Cn2cccnc2=O)[C@H]1c1cnn(C)c1. The lowest BCUT2D eigenvalue weighted by molar-refractivity contribution is -0.148. The van der Waals surface area contributed by atoms with Crippen LogP contribution in [0.3, 0.4) is 0 Å². The molecule has 164 valence electrons. The van der Waals surface area contributed by atoms with Gasteiger partial charge in [-0.3, -0.25) is 18.8 Å². The van der Waals surface area contributed by atoms with E-state index >= 15 is 0 Å². The second kappa shape index (κ2) is 10.6. The summed E-state index contributed by atoms with van der Waals surface area (Å²) >= 11 is 0. The Bertz CT molecular complexity index is 905. The molecular formula is C19H28N6O5. The second-order valence-corrected chi connectivity index (χ2v) is 7.20. The van der Waals surface area contributed by atoms with Crippen molar-refractivity contribution in [1.82, 2.24) is 29.1 Å². The molecule has 2 aromatic heterocycles. The minimum Gasteiger partial charge on any atom is -0.481 e. The third kappa shape index (κ3) is 6.49. The predicted molar refractivity (Wildman–Crippen MR) is 108 cm³/mol. The standard InChI is InChI=1S/C17H24N6O3.C2H4O2/c1-20(2)11-14-16(13-9-19-21(3)10-13)23(7-8-26-14)15(24)12-22-6-4-5-18-17(22)25;1-2(3)4/h4-6,9-10,14,16H,7-8,11-12H2,1-3H3;1H3,(H,3,4)/t14-,16-;/m0./s1. The van der Waals surface area contributed by atoms with Crippen molar-refractivity contribution < 1.29 is 19.4 Å². The van der Waals surface area contributed by atoms with Gasteiger partial charge in [0.25, 0.3) is 5.97 Å². The van der Waals surface area contributed by atoms with E-state index in [0.717, 1.165) is 12.5 Å². The first-order valence-corrected chi connectivity index (χ1v) is 9.44. The fourth-order valence-electron chi connectivity index (χ4n) is 3.26. The quantitative estimate of drug-likeness (QED) is 0.693. The van der Waals surface area contributed by atoms with E-state index < -0.39 is 11.7 Å². The van der Waals surface area contributed by atoms with Crippen LogP contribution in [0.4, 0.5) is 0 Å². The predicted octanol–water partition coefficient (Wildman–Crippen LogP) is -0.402. The summed E-state index contributed by atoms with van der Waals surface area (Å²) in [5.74, 6) is -0.971. The summed E-state index contributed by atoms with van der Waals surface area (Å²) in [6, 6.07) is 1.39. The lowest BCUT2D eigenvalue weighted by Crippen LogP contribution is -2.52. The maximum Gasteiger partial charge on any atom is 0.347 e. The van der Waals surface area contributed by atoms with E-state index in [1.807, 2.05) is 32.2 Å². The highest BCUT2D eigenvalue weighted by Crippen LogP contribution is 2.30. The van der Waals surface area contributed by atoms with E-state index in [1.165, 1.54) is 10.8 Å². The molecule has 0 unspecified atom stereocenters. The lowest BCUT2D eigenvalue weighted by atomic mass is 10.0. The Labute approximate surface area is 174 Å². The average Bonchev–Trinajstić information content (AvgIpc) is 3.08. The molecule has 0 radical (unpaired) electrons. The van der Waals surface area contributed by atoms with Crippen LogP contribution in [0.2, 0.25) is 0 Å². The second-order valence-electron chi connectivity index (χ2n) is 7.20. The topological polar surface area (TPSA) is 123 Å². The number of aromatic nitrogens is 4. The molecule has 1 aliphatic rings. The molecule has 1 aliphatic heterocycles. The molecule has 11 heteroatoms. The van der Waals surface area contributed by atoms with E-state index in [1.54, 1.807) is 28.0 Å². The van der Waals surface area contributed by atoms with E-state index in [-0.39, 0.29) is 24.6 Å². The van der Waals surface area contributed by atoms with Gasteiger partial charge in [-0.05, 0) is 20.2 Å². The van der Waals surface area contributed by atoms with Crippen LogP contribution in [0.15, 0.2) is 35.6 Å². The van der Waals surface area contributed by atoms with Crippen LogP contribution in [-0.4, -0.2) is 86.0 Å². The molecule has 1 amide bonds.